The molecular weight excluding hydrogens is 394 g/mol. The Bertz CT molecular complexity index is 934. The predicted octanol–water partition coefficient (Wildman–Crippen LogP) is 4.24. The van der Waals surface area contributed by atoms with Gasteiger partial charge in [-0.1, -0.05) is 85.3 Å². The van der Waals surface area contributed by atoms with Crippen molar-refractivity contribution in [3.63, 3.8) is 0 Å². The van der Waals surface area contributed by atoms with Gasteiger partial charge in [0.15, 0.2) is 0 Å². The Hall–Kier alpha value is -2.54. The Balaban J connectivity index is 1.40. The van der Waals surface area contributed by atoms with Crippen molar-refractivity contribution in [3.8, 4) is 0 Å². The number of hydrogen-bond donors (Lipinski definition) is 2. The molecule has 0 amide bonds. The second-order valence-electron chi connectivity index (χ2n) is 6.57. The van der Waals surface area contributed by atoms with Gasteiger partial charge in [0.2, 0.25) is 0 Å². The van der Waals surface area contributed by atoms with Crippen LogP contribution in [0.3, 0.4) is 0 Å². The number of benzene rings is 3. The lowest BCUT2D eigenvalue weighted by Crippen LogP contribution is -2.03. The molecule has 2 unspecified atom stereocenters. The zero-order chi connectivity index (χ0) is 20.3. The molecule has 0 spiro atoms. The molecule has 3 rings (SSSR count). The molecule has 0 saturated heterocycles. The van der Waals surface area contributed by atoms with Crippen LogP contribution in [0, 0.1) is 6.92 Å². The molecule has 2 atom stereocenters. The van der Waals surface area contributed by atoms with Gasteiger partial charge in [-0.2, -0.15) is 10.2 Å². The molecule has 29 heavy (non-hydrogen) atoms. The molecule has 0 bridgehead atoms. The molecule has 0 fully saturated rings. The van der Waals surface area contributed by atoms with Crippen LogP contribution in [0.5, 0.6) is 0 Å². The average Bonchev–Trinajstić information content (AvgIpc) is 2.77. The third kappa shape index (κ3) is 7.42. The summed E-state index contributed by atoms with van der Waals surface area (Å²) in [6.07, 6.45) is 4.76. The lowest BCUT2D eigenvalue weighted by molar-refractivity contribution is 1.12. The lowest BCUT2D eigenvalue weighted by Gasteiger charge is -2.03. The van der Waals surface area contributed by atoms with E-state index in [-0.39, 0.29) is 0 Å². The van der Waals surface area contributed by atoms with E-state index in [1.807, 2.05) is 12.4 Å². The van der Waals surface area contributed by atoms with E-state index in [1.54, 1.807) is 0 Å². The van der Waals surface area contributed by atoms with E-state index < -0.39 is 0 Å². The third-order valence-corrected chi connectivity index (χ3v) is 6.03. The van der Waals surface area contributed by atoms with Crippen molar-refractivity contribution < 1.29 is 0 Å². The Morgan fingerprint density at radius 2 is 1.14 bits per heavy atom. The van der Waals surface area contributed by atoms with Gasteiger partial charge in [-0.15, -0.1) is 0 Å². The molecule has 0 aromatic heterocycles. The lowest BCUT2D eigenvalue weighted by atomic mass is 10.2. The molecule has 0 heterocycles. The van der Waals surface area contributed by atoms with Crippen molar-refractivity contribution in [1.29, 1.82) is 0 Å². The highest BCUT2D eigenvalue weighted by Gasteiger charge is 1.94. The maximum absolute atomic E-state index is 4.32. The van der Waals surface area contributed by atoms with Crippen molar-refractivity contribution in [2.75, 3.05) is 0 Å². The first-order valence-corrected chi connectivity index (χ1v) is 11.6. The quantitative estimate of drug-likeness (QED) is 0.309. The summed E-state index contributed by atoms with van der Waals surface area (Å²) in [5, 5.41) is 17.3. The van der Waals surface area contributed by atoms with Gasteiger partial charge >= 0.3 is 0 Å². The fourth-order valence-corrected chi connectivity index (χ4v) is 3.72. The standard InChI is InChI=1S/C23H26N4P2/c1-3-19-8-12-22(13-9-19)28-27-25-17-21-10-14-23(15-11-21)29-26-24-16-20-6-4-18(2)5-7-20/h4-17,26-29H,3H2,1-2H3/b24-16+,25-17+. The van der Waals surface area contributed by atoms with Crippen LogP contribution >= 0.6 is 17.5 Å². The number of rotatable bonds is 9. The highest BCUT2D eigenvalue weighted by molar-refractivity contribution is 7.45. The van der Waals surface area contributed by atoms with Gasteiger partial charge in [-0.3, -0.25) is 10.4 Å². The minimum atomic E-state index is 0.426. The molecule has 0 aliphatic rings. The topological polar surface area (TPSA) is 48.8 Å². The summed E-state index contributed by atoms with van der Waals surface area (Å²) in [5.74, 6) is 0. The van der Waals surface area contributed by atoms with E-state index in [1.165, 1.54) is 21.7 Å². The Morgan fingerprint density at radius 1 is 0.690 bits per heavy atom. The normalized spacial score (nSPS) is 12.1. The van der Waals surface area contributed by atoms with Crippen molar-refractivity contribution in [2.45, 2.75) is 20.3 Å². The fourth-order valence-electron chi connectivity index (χ4n) is 2.54. The number of nitrogens with one attached hydrogen (secondary N) is 2. The average molecular weight is 420 g/mol. The molecule has 2 N–H and O–H groups in total. The number of nitrogens with zero attached hydrogens (tertiary/aromatic N) is 2. The van der Waals surface area contributed by atoms with Gasteiger partial charge in [-0.25, -0.2) is 0 Å². The summed E-state index contributed by atoms with van der Waals surface area (Å²) in [4.78, 5) is 0. The van der Waals surface area contributed by atoms with E-state index >= 15 is 0 Å². The number of hydrazone groups is 2. The smallest absolute Gasteiger partial charge is 0.0543 e. The first kappa shape index (κ1) is 21.2. The van der Waals surface area contributed by atoms with E-state index in [4.69, 9.17) is 0 Å². The van der Waals surface area contributed by atoms with E-state index in [9.17, 15) is 0 Å². The van der Waals surface area contributed by atoms with Gasteiger partial charge in [0.05, 0.1) is 12.4 Å². The predicted molar refractivity (Wildman–Crippen MR) is 131 cm³/mol. The first-order valence-electron chi connectivity index (χ1n) is 9.57. The molecule has 6 heteroatoms. The fraction of sp³-hybridized carbons (Fsp3) is 0.130. The molecule has 3 aromatic rings. The maximum atomic E-state index is 4.32. The molecule has 0 aliphatic heterocycles. The van der Waals surface area contributed by atoms with Crippen LogP contribution in [0.1, 0.15) is 29.2 Å². The van der Waals surface area contributed by atoms with Crippen LogP contribution in [0.4, 0.5) is 0 Å². The summed E-state index contributed by atoms with van der Waals surface area (Å²) in [5.41, 5.74) is 4.77. The van der Waals surface area contributed by atoms with E-state index in [2.05, 4.69) is 107 Å². The van der Waals surface area contributed by atoms with Crippen molar-refractivity contribution in [1.82, 2.24) is 10.4 Å². The second-order valence-corrected chi connectivity index (χ2v) is 8.68. The summed E-state index contributed by atoms with van der Waals surface area (Å²) in [6, 6.07) is 25.3. The van der Waals surface area contributed by atoms with Crippen molar-refractivity contribution >= 4 is 40.5 Å². The zero-order valence-electron chi connectivity index (χ0n) is 16.7. The molecule has 4 nitrogen and oxygen atoms in total. The van der Waals surface area contributed by atoms with E-state index in [0.717, 1.165) is 17.5 Å². The van der Waals surface area contributed by atoms with Crippen LogP contribution < -0.4 is 21.0 Å². The van der Waals surface area contributed by atoms with Crippen LogP contribution in [0.15, 0.2) is 83.0 Å². The molecule has 0 saturated carbocycles. The molecule has 0 radical (unpaired) electrons. The monoisotopic (exact) mass is 420 g/mol. The molecule has 0 aliphatic carbocycles. The van der Waals surface area contributed by atoms with Crippen molar-refractivity contribution in [3.05, 3.63) is 95.1 Å². The Labute approximate surface area is 176 Å². The first-order chi connectivity index (χ1) is 14.2. The van der Waals surface area contributed by atoms with Crippen LogP contribution in [0.2, 0.25) is 0 Å². The minimum absolute atomic E-state index is 0.426. The number of hydrogen-bond acceptors (Lipinski definition) is 4. The molecule has 3 aromatic carbocycles. The van der Waals surface area contributed by atoms with Crippen molar-refractivity contribution in [2.24, 2.45) is 10.2 Å². The van der Waals surface area contributed by atoms with Gasteiger partial charge in [0.1, 0.15) is 0 Å². The molecule has 148 valence electrons. The van der Waals surface area contributed by atoms with Crippen LogP contribution in [-0.2, 0) is 6.42 Å². The maximum Gasteiger partial charge on any atom is 0.0543 e. The highest BCUT2D eigenvalue weighted by Crippen LogP contribution is 2.08. The van der Waals surface area contributed by atoms with Gasteiger partial charge in [0, 0.05) is 17.5 Å². The third-order valence-electron chi connectivity index (χ3n) is 4.31. The minimum Gasteiger partial charge on any atom is -0.288 e. The Morgan fingerprint density at radius 3 is 1.62 bits per heavy atom. The summed E-state index contributed by atoms with van der Waals surface area (Å²) in [7, 11) is 0.892. The van der Waals surface area contributed by atoms with Gasteiger partial charge in [0.25, 0.3) is 0 Å². The highest BCUT2D eigenvalue weighted by atomic mass is 31.1. The van der Waals surface area contributed by atoms with Crippen LogP contribution in [0.25, 0.3) is 0 Å². The SMILES string of the molecule is CCc1ccc(PN/N=C/c2ccc(PN/N=C/c3ccc(C)cc3)cc2)cc1. The van der Waals surface area contributed by atoms with Crippen LogP contribution in [-0.4, -0.2) is 12.4 Å². The summed E-state index contributed by atoms with van der Waals surface area (Å²) in [6.45, 7) is 4.25. The Kier molecular flexibility index (Phi) is 8.37. The van der Waals surface area contributed by atoms with Gasteiger partial charge < -0.3 is 0 Å². The summed E-state index contributed by atoms with van der Waals surface area (Å²) >= 11 is 0. The summed E-state index contributed by atoms with van der Waals surface area (Å²) < 4.78 is 0. The second kappa shape index (κ2) is 11.5. The van der Waals surface area contributed by atoms with E-state index in [0.29, 0.717) is 17.5 Å². The molecular formula is C23H26N4P2. The van der Waals surface area contributed by atoms with Gasteiger partial charge in [-0.05, 0) is 40.6 Å². The zero-order valence-corrected chi connectivity index (χ0v) is 18.7. The number of aryl methyl sites for hydroxylation is 2. The largest absolute Gasteiger partial charge is 0.288 e.